The number of aromatic nitrogens is 5. The fraction of sp³-hybridized carbons (Fsp3) is 0.158. The Bertz CT molecular complexity index is 1350. The van der Waals surface area contributed by atoms with E-state index in [0.29, 0.717) is 16.0 Å². The molecular weight excluding hydrogens is 483 g/mol. The number of nitrogens with zero attached hydrogens (tertiary/aromatic N) is 4. The summed E-state index contributed by atoms with van der Waals surface area (Å²) in [5.74, 6) is -1.14. The highest BCUT2D eigenvalue weighted by Crippen LogP contribution is 2.36. The fourth-order valence-electron chi connectivity index (χ4n) is 2.88. The maximum absolute atomic E-state index is 13.0. The molecule has 0 saturated heterocycles. The second kappa shape index (κ2) is 8.75. The van der Waals surface area contributed by atoms with Gasteiger partial charge in [-0.15, -0.1) is 11.3 Å². The summed E-state index contributed by atoms with van der Waals surface area (Å²) in [6.45, 7) is 1.67. The van der Waals surface area contributed by atoms with Crippen LogP contribution in [0.4, 0.5) is 18.9 Å². The van der Waals surface area contributed by atoms with E-state index in [1.165, 1.54) is 24.8 Å². The van der Waals surface area contributed by atoms with E-state index in [-0.39, 0.29) is 16.3 Å². The molecule has 33 heavy (non-hydrogen) atoms. The number of benzene rings is 1. The normalized spacial score (nSPS) is 12.5. The first-order valence-corrected chi connectivity index (χ1v) is 10.4. The molecule has 0 fully saturated rings. The Morgan fingerprint density at radius 1 is 1.15 bits per heavy atom. The number of rotatable bonds is 5. The number of thiazole rings is 1. The standard InChI is InChI=1S/C19H13ClF3N7O2S/c1-8(28-17(32)14-10-5-27-30-15(10)26-7-25-14)18-24-6-13(33-18)16(31)29-9-2-3-12(20)11(4-9)19(21,22)23/h2-8H,1H3,(H,28,32)(H,29,31)(H,25,26,27,30). The Morgan fingerprint density at radius 2 is 1.94 bits per heavy atom. The van der Waals surface area contributed by atoms with Crippen molar-refractivity contribution in [2.24, 2.45) is 0 Å². The molecule has 0 spiro atoms. The minimum Gasteiger partial charge on any atom is -0.342 e. The maximum Gasteiger partial charge on any atom is 0.417 e. The van der Waals surface area contributed by atoms with Crippen LogP contribution in [-0.4, -0.2) is 37.0 Å². The van der Waals surface area contributed by atoms with E-state index >= 15 is 0 Å². The third kappa shape index (κ3) is 4.78. The molecule has 0 bridgehead atoms. The van der Waals surface area contributed by atoms with Gasteiger partial charge in [-0.3, -0.25) is 14.7 Å². The zero-order valence-electron chi connectivity index (χ0n) is 16.6. The predicted molar refractivity (Wildman–Crippen MR) is 114 cm³/mol. The topological polar surface area (TPSA) is 126 Å². The van der Waals surface area contributed by atoms with Crippen molar-refractivity contribution in [3.05, 3.63) is 63.1 Å². The third-order valence-corrected chi connectivity index (χ3v) is 5.97. The molecule has 1 atom stereocenters. The molecule has 9 nitrogen and oxygen atoms in total. The van der Waals surface area contributed by atoms with Gasteiger partial charge in [-0.25, -0.2) is 15.0 Å². The average molecular weight is 496 g/mol. The monoisotopic (exact) mass is 495 g/mol. The first-order chi connectivity index (χ1) is 15.6. The van der Waals surface area contributed by atoms with E-state index < -0.39 is 34.6 Å². The first kappa shape index (κ1) is 22.6. The summed E-state index contributed by atoms with van der Waals surface area (Å²) in [5, 5.41) is 12.0. The lowest BCUT2D eigenvalue weighted by Gasteiger charge is -2.11. The number of hydrogen-bond acceptors (Lipinski definition) is 7. The minimum absolute atomic E-state index is 0.0686. The smallest absolute Gasteiger partial charge is 0.342 e. The van der Waals surface area contributed by atoms with Crippen molar-refractivity contribution in [2.45, 2.75) is 19.1 Å². The summed E-state index contributed by atoms with van der Waals surface area (Å²) >= 11 is 6.58. The van der Waals surface area contributed by atoms with E-state index in [9.17, 15) is 22.8 Å². The van der Waals surface area contributed by atoms with Gasteiger partial charge in [0.15, 0.2) is 5.65 Å². The first-order valence-electron chi connectivity index (χ1n) is 9.22. The van der Waals surface area contributed by atoms with Gasteiger partial charge in [0.05, 0.1) is 34.4 Å². The Kier molecular flexibility index (Phi) is 5.99. The highest BCUT2D eigenvalue weighted by molar-refractivity contribution is 7.13. The number of alkyl halides is 3. The van der Waals surface area contributed by atoms with E-state index in [1.54, 1.807) is 6.92 Å². The molecule has 0 radical (unpaired) electrons. The summed E-state index contributed by atoms with van der Waals surface area (Å²) in [6, 6.07) is 2.50. The van der Waals surface area contributed by atoms with Crippen molar-refractivity contribution < 1.29 is 22.8 Å². The van der Waals surface area contributed by atoms with Crippen molar-refractivity contribution in [1.82, 2.24) is 30.5 Å². The molecule has 0 aliphatic heterocycles. The number of fused-ring (bicyclic) bond motifs is 1. The van der Waals surface area contributed by atoms with Gasteiger partial charge < -0.3 is 10.6 Å². The number of carbonyl (C=O) groups is 2. The predicted octanol–water partition coefficient (Wildman–Crippen LogP) is 4.22. The second-order valence-electron chi connectivity index (χ2n) is 6.76. The highest BCUT2D eigenvalue weighted by Gasteiger charge is 2.33. The molecule has 3 aromatic heterocycles. The third-order valence-electron chi connectivity index (χ3n) is 4.46. The number of carbonyl (C=O) groups excluding carboxylic acids is 2. The van der Waals surface area contributed by atoms with Crippen molar-refractivity contribution in [1.29, 1.82) is 0 Å². The van der Waals surface area contributed by atoms with Gasteiger partial charge in [0.25, 0.3) is 11.8 Å². The molecule has 4 aromatic rings. The number of nitrogens with one attached hydrogen (secondary N) is 3. The molecule has 14 heteroatoms. The molecule has 170 valence electrons. The molecule has 3 N–H and O–H groups in total. The van der Waals surface area contributed by atoms with Crippen LogP contribution in [0.5, 0.6) is 0 Å². The van der Waals surface area contributed by atoms with E-state index in [0.717, 1.165) is 23.5 Å². The fourth-order valence-corrected chi connectivity index (χ4v) is 3.92. The van der Waals surface area contributed by atoms with Crippen molar-refractivity contribution in [3.8, 4) is 0 Å². The molecule has 4 rings (SSSR count). The Labute approximate surface area is 192 Å². The summed E-state index contributed by atoms with van der Waals surface area (Å²) in [5.41, 5.74) is -0.592. The van der Waals surface area contributed by atoms with Gasteiger partial charge in [-0.2, -0.15) is 18.3 Å². The molecular formula is C19H13ClF3N7O2S. The number of H-pyrrole nitrogens is 1. The second-order valence-corrected chi connectivity index (χ2v) is 8.23. The average Bonchev–Trinajstić information content (AvgIpc) is 3.43. The van der Waals surface area contributed by atoms with Gasteiger partial charge in [0, 0.05) is 5.69 Å². The lowest BCUT2D eigenvalue weighted by Crippen LogP contribution is -2.27. The quantitative estimate of drug-likeness (QED) is 0.380. The van der Waals surface area contributed by atoms with Crippen molar-refractivity contribution in [2.75, 3.05) is 5.32 Å². The Morgan fingerprint density at radius 3 is 2.70 bits per heavy atom. The van der Waals surface area contributed by atoms with Crippen LogP contribution in [-0.2, 0) is 6.18 Å². The zero-order valence-corrected chi connectivity index (χ0v) is 18.1. The summed E-state index contributed by atoms with van der Waals surface area (Å²) in [6.07, 6.45) is -0.721. The number of halogens is 4. The van der Waals surface area contributed by atoms with Crippen LogP contribution in [0.1, 0.15) is 43.7 Å². The van der Waals surface area contributed by atoms with Crippen LogP contribution in [0.25, 0.3) is 11.0 Å². The van der Waals surface area contributed by atoms with Crippen LogP contribution < -0.4 is 10.6 Å². The lowest BCUT2D eigenvalue weighted by atomic mass is 10.2. The summed E-state index contributed by atoms with van der Waals surface area (Å²) in [7, 11) is 0. The molecule has 1 aromatic carbocycles. The van der Waals surface area contributed by atoms with Gasteiger partial charge in [0.2, 0.25) is 0 Å². The zero-order chi connectivity index (χ0) is 23.8. The summed E-state index contributed by atoms with van der Waals surface area (Å²) in [4.78, 5) is 37.3. The molecule has 0 aliphatic carbocycles. The molecule has 0 saturated carbocycles. The summed E-state index contributed by atoms with van der Waals surface area (Å²) < 4.78 is 39.1. The Hall–Kier alpha value is -3.58. The number of anilines is 1. The minimum atomic E-state index is -4.66. The Balaban J connectivity index is 1.46. The number of amides is 2. The van der Waals surface area contributed by atoms with Crippen LogP contribution in [0, 0.1) is 0 Å². The largest absolute Gasteiger partial charge is 0.417 e. The van der Waals surface area contributed by atoms with Crippen LogP contribution in [0.2, 0.25) is 5.02 Å². The van der Waals surface area contributed by atoms with E-state index in [2.05, 4.69) is 35.8 Å². The maximum atomic E-state index is 13.0. The van der Waals surface area contributed by atoms with E-state index in [4.69, 9.17) is 11.6 Å². The van der Waals surface area contributed by atoms with Gasteiger partial charge in [-0.1, -0.05) is 11.6 Å². The van der Waals surface area contributed by atoms with E-state index in [1.807, 2.05) is 0 Å². The van der Waals surface area contributed by atoms with Gasteiger partial charge >= 0.3 is 6.18 Å². The highest BCUT2D eigenvalue weighted by atomic mass is 35.5. The number of aromatic amines is 1. The van der Waals surface area contributed by atoms with Crippen molar-refractivity contribution in [3.63, 3.8) is 0 Å². The molecule has 0 aliphatic rings. The molecule has 2 amide bonds. The van der Waals surface area contributed by atoms with Crippen LogP contribution in [0.3, 0.4) is 0 Å². The molecule has 3 heterocycles. The van der Waals surface area contributed by atoms with Crippen LogP contribution in [0.15, 0.2) is 36.9 Å². The van der Waals surface area contributed by atoms with Gasteiger partial charge in [0.1, 0.15) is 21.9 Å². The van der Waals surface area contributed by atoms with Gasteiger partial charge in [-0.05, 0) is 25.1 Å². The SMILES string of the molecule is CC(NC(=O)c1ncnc2[nH]ncc12)c1ncc(C(=O)Nc2ccc(Cl)c(C(F)(F)F)c2)s1. The molecule has 1 unspecified atom stereocenters. The number of hydrogen-bond donors (Lipinski definition) is 3. The van der Waals surface area contributed by atoms with Crippen molar-refractivity contribution >= 4 is 51.5 Å². The lowest BCUT2D eigenvalue weighted by molar-refractivity contribution is -0.137. The van der Waals surface area contributed by atoms with Crippen LogP contribution >= 0.6 is 22.9 Å².